The van der Waals surface area contributed by atoms with Gasteiger partial charge in [-0.1, -0.05) is 12.1 Å². The van der Waals surface area contributed by atoms with E-state index < -0.39 is 6.61 Å². The number of hydrogen-bond acceptors (Lipinski definition) is 3. The molecular weight excluding hydrogens is 263 g/mol. The van der Waals surface area contributed by atoms with Gasteiger partial charge in [0.15, 0.2) is 0 Å². The van der Waals surface area contributed by atoms with Crippen LogP contribution in [0.3, 0.4) is 0 Å². The molecule has 108 valence electrons. The fraction of sp³-hybridized carbons (Fsp3) is 0.429. The van der Waals surface area contributed by atoms with Crippen LogP contribution in [0.15, 0.2) is 24.3 Å². The Hall–Kier alpha value is -1.95. The molecule has 0 atom stereocenters. The predicted molar refractivity (Wildman–Crippen MR) is 70.3 cm³/mol. The van der Waals surface area contributed by atoms with Crippen molar-refractivity contribution in [3.8, 4) is 0 Å². The van der Waals surface area contributed by atoms with Crippen molar-refractivity contribution in [3.05, 3.63) is 35.6 Å². The highest BCUT2D eigenvalue weighted by Gasteiger charge is 2.23. The molecule has 6 heteroatoms. The Balaban J connectivity index is 1.87. The van der Waals surface area contributed by atoms with E-state index in [0.29, 0.717) is 31.7 Å². The van der Waals surface area contributed by atoms with Crippen LogP contribution in [0.5, 0.6) is 0 Å². The molecule has 1 aromatic carbocycles. The van der Waals surface area contributed by atoms with E-state index in [1.165, 1.54) is 17.0 Å². The van der Waals surface area contributed by atoms with Gasteiger partial charge in [-0.05, 0) is 17.7 Å². The van der Waals surface area contributed by atoms with Crippen LogP contribution >= 0.6 is 0 Å². The van der Waals surface area contributed by atoms with Gasteiger partial charge in [-0.25, -0.2) is 4.39 Å². The molecule has 1 saturated heterocycles. The highest BCUT2D eigenvalue weighted by atomic mass is 19.1. The van der Waals surface area contributed by atoms with Crippen LogP contribution in [0.25, 0.3) is 0 Å². The van der Waals surface area contributed by atoms with Crippen molar-refractivity contribution in [2.45, 2.75) is 6.42 Å². The molecule has 1 heterocycles. The van der Waals surface area contributed by atoms with Crippen molar-refractivity contribution in [2.75, 3.05) is 32.8 Å². The molecule has 1 aromatic rings. The molecule has 0 spiro atoms. The number of hydrogen-bond donors (Lipinski definition) is 1. The van der Waals surface area contributed by atoms with Crippen molar-refractivity contribution < 1.29 is 19.1 Å². The van der Waals surface area contributed by atoms with E-state index in [1.807, 2.05) is 0 Å². The molecule has 5 nitrogen and oxygen atoms in total. The van der Waals surface area contributed by atoms with E-state index in [2.05, 4.69) is 0 Å². The van der Waals surface area contributed by atoms with E-state index in [4.69, 9.17) is 5.11 Å². The first-order chi connectivity index (χ1) is 9.60. The second kappa shape index (κ2) is 6.47. The van der Waals surface area contributed by atoms with E-state index in [1.54, 1.807) is 17.0 Å². The molecule has 1 aliphatic heterocycles. The summed E-state index contributed by atoms with van der Waals surface area (Å²) in [5.74, 6) is -0.748. The third-order valence-electron chi connectivity index (χ3n) is 3.36. The Labute approximate surface area is 116 Å². The molecule has 0 aromatic heterocycles. The predicted octanol–water partition coefficient (Wildman–Crippen LogP) is 0.0313. The highest BCUT2D eigenvalue weighted by Crippen LogP contribution is 2.08. The zero-order valence-electron chi connectivity index (χ0n) is 11.1. The average Bonchev–Trinajstić information content (AvgIpc) is 2.46. The SMILES string of the molecule is O=C(CO)N1CCN(C(=O)Cc2cccc(F)c2)CC1. The van der Waals surface area contributed by atoms with Crippen LogP contribution in [0.4, 0.5) is 4.39 Å². The summed E-state index contributed by atoms with van der Waals surface area (Å²) in [7, 11) is 0. The lowest BCUT2D eigenvalue weighted by Gasteiger charge is -2.34. The number of aliphatic hydroxyl groups is 1. The van der Waals surface area contributed by atoms with Gasteiger partial charge < -0.3 is 14.9 Å². The monoisotopic (exact) mass is 280 g/mol. The Kier molecular flexibility index (Phi) is 4.68. The Morgan fingerprint density at radius 2 is 1.70 bits per heavy atom. The van der Waals surface area contributed by atoms with Crippen molar-refractivity contribution in [1.29, 1.82) is 0 Å². The van der Waals surface area contributed by atoms with Crippen molar-refractivity contribution in [3.63, 3.8) is 0 Å². The van der Waals surface area contributed by atoms with Crippen molar-refractivity contribution in [1.82, 2.24) is 9.80 Å². The molecule has 1 fully saturated rings. The first kappa shape index (κ1) is 14.5. The maximum absolute atomic E-state index is 13.0. The molecule has 0 saturated carbocycles. The number of rotatable bonds is 3. The number of halogens is 1. The summed E-state index contributed by atoms with van der Waals surface area (Å²) in [6, 6.07) is 5.99. The molecule has 1 aliphatic rings. The van der Waals surface area contributed by atoms with Gasteiger partial charge in [-0.3, -0.25) is 9.59 Å². The minimum atomic E-state index is -0.503. The van der Waals surface area contributed by atoms with Crippen molar-refractivity contribution >= 4 is 11.8 Å². The van der Waals surface area contributed by atoms with Gasteiger partial charge in [-0.15, -0.1) is 0 Å². The quantitative estimate of drug-likeness (QED) is 0.850. The Bertz CT molecular complexity index is 499. The van der Waals surface area contributed by atoms with Crippen LogP contribution in [-0.4, -0.2) is 59.5 Å². The lowest BCUT2D eigenvalue weighted by Crippen LogP contribution is -2.51. The highest BCUT2D eigenvalue weighted by molar-refractivity contribution is 5.80. The summed E-state index contributed by atoms with van der Waals surface area (Å²) in [5.41, 5.74) is 0.642. The Morgan fingerprint density at radius 1 is 1.10 bits per heavy atom. The second-order valence-corrected chi connectivity index (χ2v) is 4.73. The molecule has 2 amide bonds. The zero-order chi connectivity index (χ0) is 14.5. The Morgan fingerprint density at radius 3 is 2.25 bits per heavy atom. The van der Waals surface area contributed by atoms with Crippen LogP contribution in [0.2, 0.25) is 0 Å². The molecule has 0 aliphatic carbocycles. The van der Waals surface area contributed by atoms with Gasteiger partial charge in [-0.2, -0.15) is 0 Å². The first-order valence-electron chi connectivity index (χ1n) is 6.51. The largest absolute Gasteiger partial charge is 0.387 e. The van der Waals surface area contributed by atoms with Gasteiger partial charge in [0.25, 0.3) is 0 Å². The topological polar surface area (TPSA) is 60.9 Å². The molecule has 2 rings (SSSR count). The number of aliphatic hydroxyl groups excluding tert-OH is 1. The van der Waals surface area contributed by atoms with Crippen LogP contribution in [0.1, 0.15) is 5.56 Å². The lowest BCUT2D eigenvalue weighted by atomic mass is 10.1. The summed E-state index contributed by atoms with van der Waals surface area (Å²) < 4.78 is 13.0. The third-order valence-corrected chi connectivity index (χ3v) is 3.36. The maximum atomic E-state index is 13.0. The first-order valence-corrected chi connectivity index (χ1v) is 6.51. The van der Waals surface area contributed by atoms with Gasteiger partial charge in [0.05, 0.1) is 6.42 Å². The number of nitrogens with zero attached hydrogens (tertiary/aromatic N) is 2. The maximum Gasteiger partial charge on any atom is 0.248 e. The van der Waals surface area contributed by atoms with Crippen LogP contribution < -0.4 is 0 Å². The zero-order valence-corrected chi connectivity index (χ0v) is 11.1. The van der Waals surface area contributed by atoms with Crippen LogP contribution in [-0.2, 0) is 16.0 Å². The van der Waals surface area contributed by atoms with Gasteiger partial charge in [0, 0.05) is 26.2 Å². The molecule has 0 unspecified atom stereocenters. The molecule has 0 radical (unpaired) electrons. The minimum absolute atomic E-state index is 0.0771. The molecule has 20 heavy (non-hydrogen) atoms. The summed E-state index contributed by atoms with van der Waals surface area (Å²) in [4.78, 5) is 26.6. The normalized spacial score (nSPS) is 15.3. The standard InChI is InChI=1S/C14H17FN2O3/c15-12-3-1-2-11(8-12)9-13(19)16-4-6-17(7-5-16)14(20)10-18/h1-3,8,18H,4-7,9-10H2. The lowest BCUT2D eigenvalue weighted by molar-refractivity contribution is -0.140. The fourth-order valence-electron chi connectivity index (χ4n) is 2.24. The van der Waals surface area contributed by atoms with E-state index in [9.17, 15) is 14.0 Å². The van der Waals surface area contributed by atoms with Gasteiger partial charge in [0.1, 0.15) is 12.4 Å². The molecular formula is C14H17FN2O3. The van der Waals surface area contributed by atoms with E-state index >= 15 is 0 Å². The van der Waals surface area contributed by atoms with Crippen LogP contribution in [0, 0.1) is 5.82 Å². The number of amides is 2. The summed E-state index contributed by atoms with van der Waals surface area (Å²) in [5, 5.41) is 8.78. The number of benzene rings is 1. The summed E-state index contributed by atoms with van der Waals surface area (Å²) >= 11 is 0. The third kappa shape index (κ3) is 3.54. The second-order valence-electron chi connectivity index (χ2n) is 4.73. The van der Waals surface area contributed by atoms with Crippen molar-refractivity contribution in [2.24, 2.45) is 0 Å². The minimum Gasteiger partial charge on any atom is -0.387 e. The summed E-state index contributed by atoms with van der Waals surface area (Å²) in [6.07, 6.45) is 0.158. The van der Waals surface area contributed by atoms with E-state index in [-0.39, 0.29) is 24.1 Å². The average molecular weight is 280 g/mol. The number of carbonyl (C=O) groups is 2. The summed E-state index contributed by atoms with van der Waals surface area (Å²) in [6.45, 7) is 1.24. The molecule has 1 N–H and O–H groups in total. The number of carbonyl (C=O) groups excluding carboxylic acids is 2. The smallest absolute Gasteiger partial charge is 0.248 e. The molecule has 0 bridgehead atoms. The van der Waals surface area contributed by atoms with Gasteiger partial charge >= 0.3 is 0 Å². The number of piperazine rings is 1. The fourth-order valence-corrected chi connectivity index (χ4v) is 2.24. The van der Waals surface area contributed by atoms with E-state index in [0.717, 1.165) is 0 Å². The van der Waals surface area contributed by atoms with Gasteiger partial charge in [0.2, 0.25) is 11.8 Å².